The van der Waals surface area contributed by atoms with Crippen molar-refractivity contribution in [1.29, 1.82) is 0 Å². The van der Waals surface area contributed by atoms with E-state index >= 15 is 0 Å². The van der Waals surface area contributed by atoms with Crippen molar-refractivity contribution in [2.24, 2.45) is 5.92 Å². The molecule has 0 aliphatic carbocycles. The molecule has 0 saturated carbocycles. The van der Waals surface area contributed by atoms with Crippen molar-refractivity contribution in [2.45, 2.75) is 39.0 Å². The zero-order valence-corrected chi connectivity index (χ0v) is 15.6. The summed E-state index contributed by atoms with van der Waals surface area (Å²) in [5.74, 6) is 1.72. The Balaban J connectivity index is 1.53. The highest BCUT2D eigenvalue weighted by Gasteiger charge is 2.16. The van der Waals surface area contributed by atoms with Crippen molar-refractivity contribution in [3.8, 4) is 5.75 Å². The molecule has 1 heterocycles. The number of aryl methyl sites for hydroxylation is 1. The molecule has 0 spiro atoms. The van der Waals surface area contributed by atoms with E-state index in [1.165, 1.54) is 25.9 Å². The van der Waals surface area contributed by atoms with Gasteiger partial charge in [-0.2, -0.15) is 0 Å². The maximum Gasteiger partial charge on any atom is 0.220 e. The van der Waals surface area contributed by atoms with Gasteiger partial charge in [0.1, 0.15) is 5.75 Å². The van der Waals surface area contributed by atoms with Crippen LogP contribution in [0.4, 0.5) is 0 Å². The molecule has 2 rings (SSSR count). The highest BCUT2D eigenvalue weighted by molar-refractivity contribution is 6.30. The van der Waals surface area contributed by atoms with E-state index in [-0.39, 0.29) is 5.91 Å². The summed E-state index contributed by atoms with van der Waals surface area (Å²) in [4.78, 5) is 14.2. The number of hydrogen-bond acceptors (Lipinski definition) is 3. The molecule has 0 radical (unpaired) electrons. The molecule has 1 aliphatic rings. The van der Waals surface area contributed by atoms with Gasteiger partial charge in [-0.3, -0.25) is 4.79 Å². The van der Waals surface area contributed by atoms with Gasteiger partial charge in [-0.25, -0.2) is 0 Å². The van der Waals surface area contributed by atoms with E-state index in [0.29, 0.717) is 18.1 Å². The summed E-state index contributed by atoms with van der Waals surface area (Å²) in [6.07, 6.45) is 4.84. The average Bonchev–Trinajstić information content (AvgIpc) is 2.55. The Hall–Kier alpha value is -1.26. The summed E-state index contributed by atoms with van der Waals surface area (Å²) in [7, 11) is 2.17. The molecule has 0 unspecified atom stereocenters. The van der Waals surface area contributed by atoms with Gasteiger partial charge < -0.3 is 15.0 Å². The normalized spacial score (nSPS) is 16.1. The third-order valence-electron chi connectivity index (χ3n) is 4.66. The smallest absolute Gasteiger partial charge is 0.220 e. The topological polar surface area (TPSA) is 41.6 Å². The second-order valence-electron chi connectivity index (χ2n) is 6.75. The van der Waals surface area contributed by atoms with Gasteiger partial charge in [-0.1, -0.05) is 11.6 Å². The molecule has 1 fully saturated rings. The second-order valence-corrected chi connectivity index (χ2v) is 7.18. The summed E-state index contributed by atoms with van der Waals surface area (Å²) in [5.41, 5.74) is 1.02. The molecule has 0 aromatic heterocycles. The monoisotopic (exact) mass is 352 g/mol. The van der Waals surface area contributed by atoms with E-state index in [2.05, 4.69) is 17.3 Å². The lowest BCUT2D eigenvalue weighted by molar-refractivity contribution is -0.121. The third-order valence-corrected chi connectivity index (χ3v) is 4.89. The van der Waals surface area contributed by atoms with Crippen molar-refractivity contribution >= 4 is 17.5 Å². The van der Waals surface area contributed by atoms with Crippen molar-refractivity contribution in [3.05, 3.63) is 28.8 Å². The van der Waals surface area contributed by atoms with Crippen LogP contribution >= 0.6 is 11.6 Å². The van der Waals surface area contributed by atoms with Crippen LogP contribution in [-0.4, -0.2) is 44.1 Å². The molecule has 0 atom stereocenters. The standard InChI is InChI=1S/C19H29ClN2O2/c1-15-14-17(20)5-6-18(15)24-13-3-4-19(23)21-10-7-16-8-11-22(2)12-9-16/h5-6,14,16H,3-4,7-13H2,1-2H3,(H,21,23). The van der Waals surface area contributed by atoms with E-state index < -0.39 is 0 Å². The van der Waals surface area contributed by atoms with Gasteiger partial charge in [0, 0.05) is 18.0 Å². The Labute approximate surface area is 150 Å². The first-order chi connectivity index (χ1) is 11.5. The van der Waals surface area contributed by atoms with Crippen LogP contribution in [0.5, 0.6) is 5.75 Å². The van der Waals surface area contributed by atoms with Crippen LogP contribution < -0.4 is 10.1 Å². The number of rotatable bonds is 8. The van der Waals surface area contributed by atoms with E-state index in [1.807, 2.05) is 25.1 Å². The fourth-order valence-electron chi connectivity index (χ4n) is 3.04. The van der Waals surface area contributed by atoms with Crippen LogP contribution in [0.15, 0.2) is 18.2 Å². The molecule has 1 aromatic rings. The fraction of sp³-hybridized carbons (Fsp3) is 0.632. The number of piperidine rings is 1. The minimum atomic E-state index is 0.124. The van der Waals surface area contributed by atoms with Gasteiger partial charge in [-0.15, -0.1) is 0 Å². The largest absolute Gasteiger partial charge is 0.493 e. The third kappa shape index (κ3) is 6.70. The molecule has 4 nitrogen and oxygen atoms in total. The summed E-state index contributed by atoms with van der Waals surface area (Å²) in [5, 5.41) is 3.75. The number of halogens is 1. The van der Waals surface area contributed by atoms with Gasteiger partial charge in [0.15, 0.2) is 0 Å². The lowest BCUT2D eigenvalue weighted by Gasteiger charge is -2.28. The number of nitrogens with one attached hydrogen (secondary N) is 1. The SMILES string of the molecule is Cc1cc(Cl)ccc1OCCCC(=O)NCCC1CCN(C)CC1. The van der Waals surface area contributed by atoms with Gasteiger partial charge in [-0.05, 0) is 82.4 Å². The van der Waals surface area contributed by atoms with Crippen molar-refractivity contribution in [2.75, 3.05) is 33.3 Å². The Kier molecular flexibility index (Phi) is 7.86. The quantitative estimate of drug-likeness (QED) is 0.726. The van der Waals surface area contributed by atoms with Gasteiger partial charge >= 0.3 is 0 Å². The Morgan fingerprint density at radius 2 is 2.12 bits per heavy atom. The van der Waals surface area contributed by atoms with Gasteiger partial charge in [0.2, 0.25) is 5.91 Å². The highest BCUT2D eigenvalue weighted by atomic mass is 35.5. The molecule has 1 N–H and O–H groups in total. The number of carbonyl (C=O) groups is 1. The molecule has 1 amide bonds. The first-order valence-corrected chi connectivity index (χ1v) is 9.26. The average molecular weight is 353 g/mol. The number of benzene rings is 1. The highest BCUT2D eigenvalue weighted by Crippen LogP contribution is 2.22. The molecule has 5 heteroatoms. The van der Waals surface area contributed by atoms with Crippen LogP contribution in [0.25, 0.3) is 0 Å². The fourth-order valence-corrected chi connectivity index (χ4v) is 3.27. The summed E-state index contributed by atoms with van der Waals surface area (Å²) < 4.78 is 5.71. The number of likely N-dealkylation sites (tertiary alicyclic amines) is 1. The number of nitrogens with zero attached hydrogens (tertiary/aromatic N) is 1. The lowest BCUT2D eigenvalue weighted by Crippen LogP contribution is -2.32. The summed E-state index contributed by atoms with van der Waals surface area (Å²) in [6.45, 7) is 5.67. The number of amides is 1. The molecule has 24 heavy (non-hydrogen) atoms. The van der Waals surface area contributed by atoms with Crippen molar-refractivity contribution in [3.63, 3.8) is 0 Å². The van der Waals surface area contributed by atoms with Gasteiger partial charge in [0.25, 0.3) is 0 Å². The predicted octanol–water partition coefficient (Wildman–Crippen LogP) is 3.66. The first kappa shape index (κ1) is 19.1. The summed E-state index contributed by atoms with van der Waals surface area (Å²) in [6, 6.07) is 5.57. The molecule has 1 saturated heterocycles. The van der Waals surface area contributed by atoms with Crippen LogP contribution in [0, 0.1) is 12.8 Å². The molecule has 134 valence electrons. The number of carbonyl (C=O) groups excluding carboxylic acids is 1. The second kappa shape index (κ2) is 9.90. The van der Waals surface area contributed by atoms with E-state index in [9.17, 15) is 4.79 Å². The Morgan fingerprint density at radius 1 is 1.38 bits per heavy atom. The molecular formula is C19H29ClN2O2. The van der Waals surface area contributed by atoms with E-state index in [0.717, 1.165) is 36.6 Å². The maximum atomic E-state index is 11.9. The Bertz CT molecular complexity index is 528. The van der Waals surface area contributed by atoms with E-state index in [1.54, 1.807) is 0 Å². The minimum Gasteiger partial charge on any atom is -0.493 e. The Morgan fingerprint density at radius 3 is 2.83 bits per heavy atom. The van der Waals surface area contributed by atoms with Crippen LogP contribution in [0.2, 0.25) is 5.02 Å². The van der Waals surface area contributed by atoms with Crippen LogP contribution in [-0.2, 0) is 4.79 Å². The zero-order chi connectivity index (χ0) is 17.4. The summed E-state index contributed by atoms with van der Waals surface area (Å²) >= 11 is 5.92. The molecule has 1 aliphatic heterocycles. The minimum absolute atomic E-state index is 0.124. The van der Waals surface area contributed by atoms with Crippen LogP contribution in [0.3, 0.4) is 0 Å². The number of hydrogen-bond donors (Lipinski definition) is 1. The van der Waals surface area contributed by atoms with Crippen LogP contribution in [0.1, 0.15) is 37.7 Å². The molecule has 1 aromatic carbocycles. The van der Waals surface area contributed by atoms with Crippen molar-refractivity contribution < 1.29 is 9.53 Å². The van der Waals surface area contributed by atoms with E-state index in [4.69, 9.17) is 16.3 Å². The zero-order valence-electron chi connectivity index (χ0n) is 14.8. The molecule has 0 bridgehead atoms. The number of ether oxygens (including phenoxy) is 1. The lowest BCUT2D eigenvalue weighted by atomic mass is 9.94. The molecular weight excluding hydrogens is 324 g/mol. The van der Waals surface area contributed by atoms with Crippen molar-refractivity contribution in [1.82, 2.24) is 10.2 Å². The first-order valence-electron chi connectivity index (χ1n) is 8.89. The van der Waals surface area contributed by atoms with Gasteiger partial charge in [0.05, 0.1) is 6.61 Å². The maximum absolute atomic E-state index is 11.9. The predicted molar refractivity (Wildman–Crippen MR) is 98.8 cm³/mol.